The van der Waals surface area contributed by atoms with E-state index in [2.05, 4.69) is 193 Å². The Bertz CT molecular complexity index is 2670. The molecule has 0 atom stereocenters. The molecule has 0 aliphatic heterocycles. The summed E-state index contributed by atoms with van der Waals surface area (Å²) >= 11 is 0. The summed E-state index contributed by atoms with van der Waals surface area (Å²) in [6.45, 7) is 0. The predicted octanol–water partition coefficient (Wildman–Crippen LogP) is 13.8. The van der Waals surface area contributed by atoms with Gasteiger partial charge in [-0.05, 0) is 96.4 Å². The molecule has 234 valence electrons. The fraction of sp³-hybridized carbons (Fsp3) is 0. The second kappa shape index (κ2) is 11.5. The summed E-state index contributed by atoms with van der Waals surface area (Å²) < 4.78 is 6.91. The maximum atomic E-state index is 6.91. The van der Waals surface area contributed by atoms with Crippen LogP contribution in [-0.4, -0.2) is 0 Å². The Hall–Kier alpha value is -6.64. The molecule has 0 spiro atoms. The quantitative estimate of drug-likeness (QED) is 0.175. The molecule has 0 unspecified atom stereocenters. The van der Waals surface area contributed by atoms with Crippen molar-refractivity contribution in [2.45, 2.75) is 0 Å². The number of nitrogens with zero attached hydrogens (tertiary/aromatic N) is 1. The van der Waals surface area contributed by atoms with Gasteiger partial charge in [0.25, 0.3) is 0 Å². The number of rotatable bonds is 5. The highest BCUT2D eigenvalue weighted by molar-refractivity contribution is 6.24. The van der Waals surface area contributed by atoms with Gasteiger partial charge in [-0.15, -0.1) is 0 Å². The van der Waals surface area contributed by atoms with E-state index in [9.17, 15) is 0 Å². The first-order valence-corrected chi connectivity index (χ1v) is 17.1. The third-order valence-corrected chi connectivity index (χ3v) is 10.0. The first-order valence-electron chi connectivity index (χ1n) is 17.1. The molecule has 0 amide bonds. The lowest BCUT2D eigenvalue weighted by molar-refractivity contribution is 0.624. The van der Waals surface area contributed by atoms with E-state index in [1.54, 1.807) is 0 Å². The van der Waals surface area contributed by atoms with Gasteiger partial charge in [-0.2, -0.15) is 0 Å². The van der Waals surface area contributed by atoms with Crippen molar-refractivity contribution in [2.24, 2.45) is 0 Å². The van der Waals surface area contributed by atoms with Crippen molar-refractivity contribution in [2.75, 3.05) is 4.90 Å². The van der Waals surface area contributed by atoms with Crippen molar-refractivity contribution in [3.05, 3.63) is 188 Å². The predicted molar refractivity (Wildman–Crippen MR) is 212 cm³/mol. The van der Waals surface area contributed by atoms with Gasteiger partial charge in [0.05, 0.1) is 0 Å². The van der Waals surface area contributed by atoms with E-state index >= 15 is 0 Å². The van der Waals surface area contributed by atoms with E-state index in [0.29, 0.717) is 0 Å². The number of benzene rings is 9. The number of anilines is 3. The zero-order valence-corrected chi connectivity index (χ0v) is 27.3. The molecular formula is C48H31NO. The van der Waals surface area contributed by atoms with Crippen molar-refractivity contribution < 1.29 is 4.42 Å². The van der Waals surface area contributed by atoms with Gasteiger partial charge in [-0.25, -0.2) is 0 Å². The Kier molecular flexibility index (Phi) is 6.53. The summed E-state index contributed by atoms with van der Waals surface area (Å²) in [5.74, 6) is 0.776. The highest BCUT2D eigenvalue weighted by Crippen LogP contribution is 2.44. The minimum Gasteiger partial charge on any atom is -0.439 e. The summed E-state index contributed by atoms with van der Waals surface area (Å²) in [4.78, 5) is 2.23. The van der Waals surface area contributed by atoms with Gasteiger partial charge in [0.2, 0.25) is 5.88 Å². The molecule has 9 aromatic carbocycles. The third kappa shape index (κ3) is 4.73. The molecule has 0 fully saturated rings. The van der Waals surface area contributed by atoms with Gasteiger partial charge in [0.1, 0.15) is 5.58 Å². The maximum Gasteiger partial charge on any atom is 0.205 e. The number of fused-ring (bicyclic) bond motifs is 8. The molecule has 0 saturated heterocycles. The van der Waals surface area contributed by atoms with Gasteiger partial charge in [0, 0.05) is 28.2 Å². The summed E-state index contributed by atoms with van der Waals surface area (Å²) in [5, 5.41) is 10.8. The van der Waals surface area contributed by atoms with Gasteiger partial charge < -0.3 is 4.42 Å². The van der Waals surface area contributed by atoms with Crippen LogP contribution in [0.4, 0.5) is 17.3 Å². The van der Waals surface area contributed by atoms with Crippen LogP contribution in [0.15, 0.2) is 192 Å². The van der Waals surface area contributed by atoms with Crippen LogP contribution in [0, 0.1) is 0 Å². The Balaban J connectivity index is 1.12. The van der Waals surface area contributed by atoms with Crippen molar-refractivity contribution in [1.29, 1.82) is 0 Å². The van der Waals surface area contributed by atoms with Crippen LogP contribution in [-0.2, 0) is 0 Å². The monoisotopic (exact) mass is 637 g/mol. The smallest absolute Gasteiger partial charge is 0.205 e. The molecule has 1 heterocycles. The molecule has 50 heavy (non-hydrogen) atoms. The van der Waals surface area contributed by atoms with Gasteiger partial charge >= 0.3 is 0 Å². The Labute approximate surface area is 290 Å². The second-order valence-corrected chi connectivity index (χ2v) is 13.0. The first kappa shape index (κ1) is 28.4. The molecule has 10 rings (SSSR count). The molecule has 0 aliphatic carbocycles. The Morgan fingerprint density at radius 1 is 0.300 bits per heavy atom. The lowest BCUT2D eigenvalue weighted by Gasteiger charge is -2.23. The third-order valence-electron chi connectivity index (χ3n) is 10.0. The van der Waals surface area contributed by atoms with Crippen molar-refractivity contribution in [3.8, 4) is 22.3 Å². The van der Waals surface area contributed by atoms with Gasteiger partial charge in [-0.1, -0.05) is 146 Å². The summed E-state index contributed by atoms with van der Waals surface area (Å²) in [6, 6.07) is 67.4. The molecule has 2 nitrogen and oxygen atoms in total. The number of hydrogen-bond donors (Lipinski definition) is 0. The topological polar surface area (TPSA) is 16.4 Å². The highest BCUT2D eigenvalue weighted by atomic mass is 16.4. The van der Waals surface area contributed by atoms with Crippen molar-refractivity contribution in [1.82, 2.24) is 0 Å². The summed E-state index contributed by atoms with van der Waals surface area (Å²) in [7, 11) is 0. The molecular weight excluding hydrogens is 607 g/mol. The average molecular weight is 638 g/mol. The van der Waals surface area contributed by atoms with E-state index in [0.717, 1.165) is 33.6 Å². The van der Waals surface area contributed by atoms with Crippen LogP contribution in [0.25, 0.3) is 76.3 Å². The second-order valence-electron chi connectivity index (χ2n) is 13.0. The van der Waals surface area contributed by atoms with Crippen LogP contribution < -0.4 is 4.90 Å². The molecule has 0 saturated carbocycles. The zero-order valence-electron chi connectivity index (χ0n) is 27.3. The van der Waals surface area contributed by atoms with Gasteiger partial charge in [-0.3, -0.25) is 4.90 Å². The molecule has 0 N–H and O–H groups in total. The van der Waals surface area contributed by atoms with E-state index in [1.165, 1.54) is 60.0 Å². The van der Waals surface area contributed by atoms with Crippen LogP contribution in [0.2, 0.25) is 0 Å². The maximum absolute atomic E-state index is 6.91. The lowest BCUT2D eigenvalue weighted by atomic mass is 9.99. The average Bonchev–Trinajstić information content (AvgIpc) is 3.64. The molecule has 2 heteroatoms. The van der Waals surface area contributed by atoms with Crippen molar-refractivity contribution in [3.63, 3.8) is 0 Å². The summed E-state index contributed by atoms with van der Waals surface area (Å²) in [5.41, 5.74) is 7.70. The normalized spacial score (nSPS) is 11.6. The van der Waals surface area contributed by atoms with Crippen LogP contribution in [0.5, 0.6) is 0 Å². The molecule has 0 aliphatic rings. The van der Waals surface area contributed by atoms with Gasteiger partial charge in [0.15, 0.2) is 0 Å². The van der Waals surface area contributed by atoms with E-state index in [-0.39, 0.29) is 0 Å². The van der Waals surface area contributed by atoms with Crippen LogP contribution in [0.3, 0.4) is 0 Å². The van der Waals surface area contributed by atoms with Crippen LogP contribution in [0.1, 0.15) is 0 Å². The zero-order chi connectivity index (χ0) is 33.0. The SMILES string of the molecule is c1ccc2cc(-c3ccc(N(c4ccc(-c5ccc6ccccc6c5)cc4)c4cc5c6ccccc6c6ccccc6c5o4)cc3)ccc2c1. The van der Waals surface area contributed by atoms with Crippen LogP contribution >= 0.6 is 0 Å². The fourth-order valence-electron chi connectivity index (χ4n) is 7.50. The molecule has 10 aromatic rings. The Morgan fingerprint density at radius 2 is 0.700 bits per heavy atom. The number of furan rings is 1. The van der Waals surface area contributed by atoms with E-state index < -0.39 is 0 Å². The standard InChI is InChI=1S/C48H31NO/c1-3-11-36-29-38(19-17-32(36)9-1)34-21-25-40(26-22-34)49(41-27-23-35(24-28-41)39-20-18-33-10-2-4-12-37(33)30-39)47-31-46-44-15-6-5-13-42(44)43-14-7-8-16-45(43)48(46)50-47/h1-31H. The van der Waals surface area contributed by atoms with Crippen molar-refractivity contribution >= 4 is 71.3 Å². The van der Waals surface area contributed by atoms with E-state index in [4.69, 9.17) is 4.42 Å². The fourth-order valence-corrected chi connectivity index (χ4v) is 7.50. The minimum absolute atomic E-state index is 0.776. The molecule has 0 radical (unpaired) electrons. The van der Waals surface area contributed by atoms with E-state index in [1.807, 2.05) is 0 Å². The molecule has 0 bridgehead atoms. The first-order chi connectivity index (χ1) is 24.8. The largest absolute Gasteiger partial charge is 0.439 e. The highest BCUT2D eigenvalue weighted by Gasteiger charge is 2.20. The Morgan fingerprint density at radius 3 is 1.22 bits per heavy atom. The minimum atomic E-state index is 0.776. The lowest BCUT2D eigenvalue weighted by Crippen LogP contribution is -2.08. The summed E-state index contributed by atoms with van der Waals surface area (Å²) in [6.07, 6.45) is 0. The number of hydrogen-bond acceptors (Lipinski definition) is 2. The molecule has 1 aromatic heterocycles.